The summed E-state index contributed by atoms with van der Waals surface area (Å²) >= 11 is 0. The van der Waals surface area contributed by atoms with Gasteiger partial charge in [0.15, 0.2) is 6.29 Å². The van der Waals surface area contributed by atoms with E-state index in [1.807, 2.05) is 0 Å². The molecule has 2 N–H and O–H groups in total. The third-order valence-corrected chi connectivity index (χ3v) is 5.25. The Labute approximate surface area is 108 Å². The van der Waals surface area contributed by atoms with Gasteiger partial charge >= 0.3 is 0 Å². The molecule has 0 aromatic heterocycles. The Morgan fingerprint density at radius 3 is 2.89 bits per heavy atom. The minimum Gasteiger partial charge on any atom is -0.393 e. The van der Waals surface area contributed by atoms with Crippen LogP contribution < -0.4 is 0 Å². The molecular formula is C14H22O4. The third-order valence-electron chi connectivity index (χ3n) is 5.25. The molecule has 0 amide bonds. The first-order chi connectivity index (χ1) is 8.59. The number of methoxy groups -OCH3 is 1. The van der Waals surface area contributed by atoms with Gasteiger partial charge in [0, 0.05) is 7.11 Å². The molecule has 18 heavy (non-hydrogen) atoms. The molecule has 0 bridgehead atoms. The van der Waals surface area contributed by atoms with Crippen LogP contribution in [0.15, 0.2) is 12.2 Å². The number of fused-ring (bicyclic) bond motifs is 1. The first-order valence-electron chi connectivity index (χ1n) is 6.78. The maximum atomic E-state index is 10.7. The predicted octanol–water partition coefficient (Wildman–Crippen LogP) is 1.07. The number of rotatable bonds is 1. The van der Waals surface area contributed by atoms with E-state index in [4.69, 9.17) is 9.47 Å². The van der Waals surface area contributed by atoms with Crippen molar-refractivity contribution in [3.05, 3.63) is 12.2 Å². The predicted molar refractivity (Wildman–Crippen MR) is 65.8 cm³/mol. The second kappa shape index (κ2) is 4.30. The van der Waals surface area contributed by atoms with Crippen LogP contribution in [0.3, 0.4) is 0 Å². The number of hydrogen-bond donors (Lipinski definition) is 2. The van der Waals surface area contributed by atoms with Crippen LogP contribution in [0, 0.1) is 17.3 Å². The summed E-state index contributed by atoms with van der Waals surface area (Å²) in [5, 5.41) is 20.5. The number of ether oxygens (including phenoxy) is 2. The van der Waals surface area contributed by atoms with Gasteiger partial charge in [-0.2, -0.15) is 0 Å². The Morgan fingerprint density at radius 2 is 2.17 bits per heavy atom. The summed E-state index contributed by atoms with van der Waals surface area (Å²) in [6, 6.07) is 0. The van der Waals surface area contributed by atoms with Crippen LogP contribution in [0.1, 0.15) is 25.7 Å². The van der Waals surface area contributed by atoms with E-state index in [1.54, 1.807) is 7.11 Å². The molecule has 2 saturated carbocycles. The second-order valence-corrected chi connectivity index (χ2v) is 6.06. The summed E-state index contributed by atoms with van der Waals surface area (Å²) in [6.07, 6.45) is 2.24. The third kappa shape index (κ3) is 1.53. The highest BCUT2D eigenvalue weighted by Crippen LogP contribution is 2.59. The van der Waals surface area contributed by atoms with E-state index in [9.17, 15) is 10.2 Å². The maximum Gasteiger partial charge on any atom is 0.169 e. The Kier molecular flexibility index (Phi) is 3.01. The summed E-state index contributed by atoms with van der Waals surface area (Å²) in [4.78, 5) is 0. The number of aliphatic hydroxyl groups excluding tert-OH is 2. The van der Waals surface area contributed by atoms with E-state index >= 15 is 0 Å². The summed E-state index contributed by atoms with van der Waals surface area (Å²) < 4.78 is 11.0. The van der Waals surface area contributed by atoms with Crippen LogP contribution in [-0.4, -0.2) is 42.4 Å². The number of hydrogen-bond acceptors (Lipinski definition) is 4. The molecule has 2 aliphatic carbocycles. The highest BCUT2D eigenvalue weighted by molar-refractivity contribution is 5.24. The molecule has 3 aliphatic rings. The topological polar surface area (TPSA) is 58.9 Å². The molecule has 1 heterocycles. The molecular weight excluding hydrogens is 232 g/mol. The van der Waals surface area contributed by atoms with Crippen molar-refractivity contribution in [2.75, 3.05) is 13.7 Å². The standard InChI is InChI=1S/C14H22O4/c1-8-7-18-13(17-2)14(8)6-9-5-10(15)3-4-11(9)12(14)16/h9-13,15-16H,1,3-7H2,2H3/t9-,10-,11?,12+,13+,14+/m0/s1. The zero-order chi connectivity index (χ0) is 12.9. The zero-order valence-corrected chi connectivity index (χ0v) is 10.8. The largest absolute Gasteiger partial charge is 0.393 e. The lowest BCUT2D eigenvalue weighted by Crippen LogP contribution is -2.42. The van der Waals surface area contributed by atoms with Gasteiger partial charge in [0.25, 0.3) is 0 Å². The Balaban J connectivity index is 1.91. The lowest BCUT2D eigenvalue weighted by Gasteiger charge is -2.34. The minimum absolute atomic E-state index is 0.217. The van der Waals surface area contributed by atoms with Gasteiger partial charge in [0.2, 0.25) is 0 Å². The number of aliphatic hydroxyl groups is 2. The Hall–Kier alpha value is -0.420. The highest BCUT2D eigenvalue weighted by Gasteiger charge is 2.62. The van der Waals surface area contributed by atoms with Crippen LogP contribution in [0.4, 0.5) is 0 Å². The molecule has 0 aromatic carbocycles. The first kappa shape index (κ1) is 12.6. The monoisotopic (exact) mass is 254 g/mol. The Bertz CT molecular complexity index is 356. The molecule has 1 unspecified atom stereocenters. The fraction of sp³-hybridized carbons (Fsp3) is 0.857. The molecule has 3 rings (SSSR count). The lowest BCUT2D eigenvalue weighted by molar-refractivity contribution is -0.164. The smallest absolute Gasteiger partial charge is 0.169 e. The molecule has 1 spiro atoms. The molecule has 3 fully saturated rings. The average Bonchev–Trinajstić information content (AvgIpc) is 2.81. The van der Waals surface area contributed by atoms with Gasteiger partial charge in [-0.1, -0.05) is 6.58 Å². The fourth-order valence-electron chi connectivity index (χ4n) is 4.34. The zero-order valence-electron chi connectivity index (χ0n) is 10.8. The van der Waals surface area contributed by atoms with Gasteiger partial charge < -0.3 is 19.7 Å². The lowest BCUT2D eigenvalue weighted by atomic mass is 9.77. The maximum absolute atomic E-state index is 10.7. The van der Waals surface area contributed by atoms with Gasteiger partial charge in [-0.05, 0) is 43.1 Å². The van der Waals surface area contributed by atoms with Gasteiger partial charge in [0.05, 0.1) is 24.2 Å². The van der Waals surface area contributed by atoms with Crippen molar-refractivity contribution in [2.24, 2.45) is 17.3 Å². The van der Waals surface area contributed by atoms with Crippen molar-refractivity contribution in [1.29, 1.82) is 0 Å². The van der Waals surface area contributed by atoms with E-state index in [2.05, 4.69) is 6.58 Å². The van der Waals surface area contributed by atoms with Crippen molar-refractivity contribution < 1.29 is 19.7 Å². The molecule has 1 saturated heterocycles. The highest BCUT2D eigenvalue weighted by atomic mass is 16.7. The van der Waals surface area contributed by atoms with E-state index in [1.165, 1.54) is 0 Å². The molecule has 4 heteroatoms. The normalized spacial score (nSPS) is 51.9. The average molecular weight is 254 g/mol. The van der Waals surface area contributed by atoms with E-state index in [0.29, 0.717) is 12.5 Å². The van der Waals surface area contributed by atoms with E-state index in [0.717, 1.165) is 31.3 Å². The summed E-state index contributed by atoms with van der Waals surface area (Å²) in [5.74, 6) is 0.615. The molecule has 6 atom stereocenters. The fourth-order valence-corrected chi connectivity index (χ4v) is 4.34. The van der Waals surface area contributed by atoms with Crippen molar-refractivity contribution in [3.8, 4) is 0 Å². The van der Waals surface area contributed by atoms with Crippen molar-refractivity contribution in [3.63, 3.8) is 0 Å². The molecule has 0 radical (unpaired) electrons. The molecule has 4 nitrogen and oxygen atoms in total. The van der Waals surface area contributed by atoms with E-state index in [-0.39, 0.29) is 18.3 Å². The van der Waals surface area contributed by atoms with Crippen molar-refractivity contribution in [1.82, 2.24) is 0 Å². The van der Waals surface area contributed by atoms with Gasteiger partial charge in [-0.25, -0.2) is 0 Å². The van der Waals surface area contributed by atoms with Crippen LogP contribution in [0.2, 0.25) is 0 Å². The molecule has 1 aliphatic heterocycles. The molecule has 0 aromatic rings. The summed E-state index contributed by atoms with van der Waals surface area (Å²) in [7, 11) is 1.62. The Morgan fingerprint density at radius 1 is 1.39 bits per heavy atom. The quantitative estimate of drug-likeness (QED) is 0.687. The SMILES string of the molecule is C=C1CO[C@@H](OC)[C@]12C[C@@H]1C[C@@H](O)CCC1[C@H]2O. The van der Waals surface area contributed by atoms with Crippen molar-refractivity contribution >= 4 is 0 Å². The van der Waals surface area contributed by atoms with E-state index < -0.39 is 11.5 Å². The van der Waals surface area contributed by atoms with Crippen LogP contribution in [0.25, 0.3) is 0 Å². The van der Waals surface area contributed by atoms with Crippen LogP contribution in [-0.2, 0) is 9.47 Å². The first-order valence-corrected chi connectivity index (χ1v) is 6.78. The van der Waals surface area contributed by atoms with Crippen molar-refractivity contribution in [2.45, 2.75) is 44.2 Å². The summed E-state index contributed by atoms with van der Waals surface area (Å²) in [6.45, 7) is 4.56. The summed E-state index contributed by atoms with van der Waals surface area (Å²) in [5.41, 5.74) is 0.500. The minimum atomic E-state index is -0.450. The van der Waals surface area contributed by atoms with Crippen LogP contribution >= 0.6 is 0 Å². The van der Waals surface area contributed by atoms with Gasteiger partial charge in [0.1, 0.15) is 0 Å². The molecule has 102 valence electrons. The van der Waals surface area contributed by atoms with Gasteiger partial charge in [-0.3, -0.25) is 0 Å². The van der Waals surface area contributed by atoms with Crippen LogP contribution in [0.5, 0.6) is 0 Å². The van der Waals surface area contributed by atoms with Gasteiger partial charge in [-0.15, -0.1) is 0 Å². The second-order valence-electron chi connectivity index (χ2n) is 6.06.